The molecule has 0 saturated heterocycles. The molecule has 2 amide bonds. The van der Waals surface area contributed by atoms with Crippen LogP contribution in [0.2, 0.25) is 0 Å². The molecule has 0 aliphatic heterocycles. The summed E-state index contributed by atoms with van der Waals surface area (Å²) >= 11 is 0. The zero-order chi connectivity index (χ0) is 28.0. The fourth-order valence-electron chi connectivity index (χ4n) is 4.47. The van der Waals surface area contributed by atoms with Gasteiger partial charge in [-0.2, -0.15) is 4.98 Å². The van der Waals surface area contributed by atoms with Crippen LogP contribution in [0, 0.1) is 18.6 Å². The van der Waals surface area contributed by atoms with Crippen LogP contribution in [0.3, 0.4) is 0 Å². The van der Waals surface area contributed by atoms with E-state index in [1.807, 2.05) is 0 Å². The monoisotopic (exact) mass is 548 g/mol. The summed E-state index contributed by atoms with van der Waals surface area (Å²) in [6.07, 6.45) is 0.855. The summed E-state index contributed by atoms with van der Waals surface area (Å²) in [5, 5.41) is 13.5. The largest absolute Gasteiger partial charge is 0.479 e. The molecule has 1 aliphatic rings. The minimum atomic E-state index is -1.11. The molecule has 13 heteroatoms. The van der Waals surface area contributed by atoms with E-state index in [0.29, 0.717) is 41.0 Å². The molecule has 5 aromatic rings. The first-order valence-corrected chi connectivity index (χ1v) is 12.3. The van der Waals surface area contributed by atoms with Gasteiger partial charge in [0.1, 0.15) is 17.2 Å². The van der Waals surface area contributed by atoms with Crippen molar-refractivity contribution in [1.82, 2.24) is 30.5 Å². The molecule has 3 heterocycles. The summed E-state index contributed by atoms with van der Waals surface area (Å²) < 4.78 is 45.9. The highest BCUT2D eigenvalue weighted by molar-refractivity contribution is 5.99. The number of rotatable bonds is 8. The Morgan fingerprint density at radius 3 is 2.58 bits per heavy atom. The molecule has 1 fully saturated rings. The summed E-state index contributed by atoms with van der Waals surface area (Å²) in [5.41, 5.74) is 0.687. The summed E-state index contributed by atoms with van der Waals surface area (Å²) in [7, 11) is 1.39. The Morgan fingerprint density at radius 2 is 1.90 bits per heavy atom. The number of hydrogen-bond donors (Lipinski definition) is 2. The van der Waals surface area contributed by atoms with E-state index in [1.54, 1.807) is 35.8 Å². The van der Waals surface area contributed by atoms with E-state index in [4.69, 9.17) is 13.8 Å². The first-order chi connectivity index (χ1) is 19.3. The second-order valence-electron chi connectivity index (χ2n) is 9.43. The molecule has 0 atom stereocenters. The zero-order valence-electron chi connectivity index (χ0n) is 21.3. The van der Waals surface area contributed by atoms with Crippen LogP contribution in [0.25, 0.3) is 28.1 Å². The lowest BCUT2D eigenvalue weighted by molar-refractivity contribution is -0.124. The van der Waals surface area contributed by atoms with Crippen molar-refractivity contribution in [2.75, 3.05) is 7.11 Å². The highest BCUT2D eigenvalue weighted by atomic mass is 19.1. The maximum absolute atomic E-state index is 15.3. The average Bonchev–Trinajstić information content (AvgIpc) is 3.26. The molecule has 1 saturated carbocycles. The van der Waals surface area contributed by atoms with Crippen molar-refractivity contribution in [1.29, 1.82) is 0 Å². The van der Waals surface area contributed by atoms with Gasteiger partial charge in [0.15, 0.2) is 0 Å². The van der Waals surface area contributed by atoms with Gasteiger partial charge >= 0.3 is 0 Å². The number of nitrogens with one attached hydrogen (secondary N) is 2. The maximum atomic E-state index is 15.3. The Morgan fingerprint density at radius 1 is 1.07 bits per heavy atom. The number of carbonyl (C=O) groups excluding carboxylic acids is 2. The lowest BCUT2D eigenvalue weighted by atomic mass is 10.1. The predicted octanol–water partition coefficient (Wildman–Crippen LogP) is 3.84. The van der Waals surface area contributed by atoms with Gasteiger partial charge in [0.05, 0.1) is 24.4 Å². The van der Waals surface area contributed by atoms with Gasteiger partial charge in [0.2, 0.25) is 23.4 Å². The van der Waals surface area contributed by atoms with E-state index in [9.17, 15) is 14.0 Å². The van der Waals surface area contributed by atoms with E-state index < -0.39 is 29.0 Å². The third-order valence-corrected chi connectivity index (χ3v) is 6.71. The molecule has 2 N–H and O–H groups in total. The van der Waals surface area contributed by atoms with Gasteiger partial charge in [-0.15, -0.1) is 0 Å². The minimum absolute atomic E-state index is 0.0896. The van der Waals surface area contributed by atoms with Gasteiger partial charge < -0.3 is 29.0 Å². The number of methoxy groups -OCH3 is 1. The van der Waals surface area contributed by atoms with Crippen molar-refractivity contribution in [2.24, 2.45) is 0 Å². The number of hydrogen-bond acceptors (Lipinski definition) is 8. The number of benzene rings is 2. The minimum Gasteiger partial charge on any atom is -0.479 e. The SMILES string of the molecule is COc1cc(C(=O)NC2(C(=O)NCc3ccc(-n4c(-c5noc(C)n5)cc5cc(F)ccc54)cc3F)CC2)on1. The van der Waals surface area contributed by atoms with Gasteiger partial charge in [-0.05, 0) is 54.4 Å². The molecule has 1 aliphatic carbocycles. The lowest BCUT2D eigenvalue weighted by Crippen LogP contribution is -2.48. The molecule has 40 heavy (non-hydrogen) atoms. The second-order valence-corrected chi connectivity index (χ2v) is 9.43. The molecule has 11 nitrogen and oxygen atoms in total. The zero-order valence-corrected chi connectivity index (χ0v) is 21.3. The third kappa shape index (κ3) is 4.55. The maximum Gasteiger partial charge on any atom is 0.290 e. The van der Waals surface area contributed by atoms with Crippen molar-refractivity contribution < 1.29 is 32.2 Å². The van der Waals surface area contributed by atoms with E-state index in [0.717, 1.165) is 0 Å². The number of amides is 2. The molecular weight excluding hydrogens is 526 g/mol. The molecule has 3 aromatic heterocycles. The molecule has 0 radical (unpaired) electrons. The van der Waals surface area contributed by atoms with Crippen LogP contribution in [0.4, 0.5) is 8.78 Å². The highest BCUT2D eigenvalue weighted by Crippen LogP contribution is 2.36. The number of aromatic nitrogens is 4. The number of ether oxygens (including phenoxy) is 1. The van der Waals surface area contributed by atoms with Crippen LogP contribution in [-0.4, -0.2) is 44.3 Å². The van der Waals surface area contributed by atoms with E-state index >= 15 is 4.39 Å². The van der Waals surface area contributed by atoms with E-state index in [1.165, 1.54) is 31.4 Å². The van der Waals surface area contributed by atoms with Crippen molar-refractivity contribution in [3.63, 3.8) is 0 Å². The van der Waals surface area contributed by atoms with Gasteiger partial charge in [0.25, 0.3) is 11.8 Å². The van der Waals surface area contributed by atoms with Gasteiger partial charge in [-0.1, -0.05) is 11.2 Å². The lowest BCUT2D eigenvalue weighted by Gasteiger charge is -2.17. The quantitative estimate of drug-likeness (QED) is 0.298. The van der Waals surface area contributed by atoms with Crippen molar-refractivity contribution >= 4 is 22.7 Å². The Labute approximate surface area is 225 Å². The molecule has 0 bridgehead atoms. The van der Waals surface area contributed by atoms with Crippen LogP contribution in [0.5, 0.6) is 5.88 Å². The molecule has 6 rings (SSSR count). The fraction of sp³-hybridized carbons (Fsp3) is 0.222. The van der Waals surface area contributed by atoms with Crippen molar-refractivity contribution in [2.45, 2.75) is 31.8 Å². The second kappa shape index (κ2) is 9.59. The van der Waals surface area contributed by atoms with Gasteiger partial charge in [0, 0.05) is 30.1 Å². The molecule has 204 valence electrons. The highest BCUT2D eigenvalue weighted by Gasteiger charge is 2.51. The number of fused-ring (bicyclic) bond motifs is 1. The van der Waals surface area contributed by atoms with E-state index in [-0.39, 0.29) is 29.6 Å². The smallest absolute Gasteiger partial charge is 0.290 e. The summed E-state index contributed by atoms with van der Waals surface area (Å²) in [6, 6.07) is 11.8. The van der Waals surface area contributed by atoms with Gasteiger partial charge in [-0.3, -0.25) is 9.59 Å². The normalized spacial score (nSPS) is 13.8. The average molecular weight is 549 g/mol. The van der Waals surface area contributed by atoms with Crippen molar-refractivity contribution in [3.05, 3.63) is 77.4 Å². The Balaban J connectivity index is 1.21. The molecule has 2 aromatic carbocycles. The van der Waals surface area contributed by atoms with Crippen LogP contribution < -0.4 is 15.4 Å². The molecule has 0 spiro atoms. The van der Waals surface area contributed by atoms with Crippen LogP contribution >= 0.6 is 0 Å². The van der Waals surface area contributed by atoms with Crippen molar-refractivity contribution in [3.8, 4) is 23.1 Å². The van der Waals surface area contributed by atoms with Crippen LogP contribution in [-0.2, 0) is 11.3 Å². The number of nitrogens with zero attached hydrogens (tertiary/aromatic N) is 4. The third-order valence-electron chi connectivity index (χ3n) is 6.71. The first-order valence-electron chi connectivity index (χ1n) is 12.3. The number of aryl methyl sites for hydroxylation is 1. The fourth-order valence-corrected chi connectivity index (χ4v) is 4.47. The summed E-state index contributed by atoms with van der Waals surface area (Å²) in [6.45, 7) is 1.54. The Kier molecular flexibility index (Phi) is 6.05. The summed E-state index contributed by atoms with van der Waals surface area (Å²) in [5.74, 6) is -1.37. The van der Waals surface area contributed by atoms with Crippen LogP contribution in [0.1, 0.15) is 34.9 Å². The number of halogens is 2. The van der Waals surface area contributed by atoms with E-state index in [2.05, 4.69) is 25.9 Å². The topological polar surface area (TPSA) is 137 Å². The Hall–Kier alpha value is -5.07. The molecule has 0 unspecified atom stereocenters. The summed E-state index contributed by atoms with van der Waals surface area (Å²) in [4.78, 5) is 29.6. The van der Waals surface area contributed by atoms with Crippen LogP contribution in [0.15, 0.2) is 57.6 Å². The Bertz CT molecular complexity index is 1770. The standard InChI is InChI=1S/C27H22F2N6O5/c1-14-31-24(34-39-14)21-10-16-9-17(28)4-6-20(16)35(21)18-5-3-15(19(29)11-18)13-30-26(37)27(7-8-27)32-25(36)22-12-23(38-2)33-40-22/h3-6,9-12H,7-8,13H2,1-2H3,(H,30,37)(H,32,36). The first kappa shape index (κ1) is 25.2. The molecular formula is C27H22F2N6O5. The number of carbonyl (C=O) groups is 2. The van der Waals surface area contributed by atoms with Gasteiger partial charge in [-0.25, -0.2) is 8.78 Å². The predicted molar refractivity (Wildman–Crippen MR) is 136 cm³/mol.